The lowest BCUT2D eigenvalue weighted by atomic mass is 9.75. The van der Waals surface area contributed by atoms with Crippen LogP contribution in [0.1, 0.15) is 77.6 Å². The van der Waals surface area contributed by atoms with E-state index in [0.717, 1.165) is 51.0 Å². The summed E-state index contributed by atoms with van der Waals surface area (Å²) >= 11 is 0. The SMILES string of the molecule is CCCC1C(CC2CCCCC2)C(=O)N1OC1CCCCO1. The highest BCUT2D eigenvalue weighted by Gasteiger charge is 2.49. The molecule has 4 nitrogen and oxygen atoms in total. The number of hydrogen-bond acceptors (Lipinski definition) is 3. The number of β-lactam (4-membered cyclic amide) rings is 1. The fourth-order valence-corrected chi connectivity index (χ4v) is 4.28. The standard InChI is InChI=1S/C18H31NO3/c1-2-8-16-15(13-14-9-4-3-5-10-14)18(20)19(16)22-17-11-6-7-12-21-17/h14-17H,2-13H2,1H3. The molecule has 3 unspecified atom stereocenters. The van der Waals surface area contributed by atoms with Crippen molar-refractivity contribution in [3.05, 3.63) is 0 Å². The predicted molar refractivity (Wildman–Crippen MR) is 84.9 cm³/mol. The topological polar surface area (TPSA) is 38.8 Å². The molecule has 0 radical (unpaired) electrons. The molecule has 1 amide bonds. The maximum absolute atomic E-state index is 12.5. The summed E-state index contributed by atoms with van der Waals surface area (Å²) in [5.41, 5.74) is 0. The highest BCUT2D eigenvalue weighted by Crippen LogP contribution is 2.39. The van der Waals surface area contributed by atoms with Gasteiger partial charge < -0.3 is 4.74 Å². The van der Waals surface area contributed by atoms with Gasteiger partial charge in [0, 0.05) is 13.0 Å². The Kier molecular flexibility index (Phi) is 5.75. The van der Waals surface area contributed by atoms with Crippen LogP contribution in [0.25, 0.3) is 0 Å². The Morgan fingerprint density at radius 2 is 1.91 bits per heavy atom. The number of hydrogen-bond donors (Lipinski definition) is 0. The molecule has 22 heavy (non-hydrogen) atoms. The quantitative estimate of drug-likeness (QED) is 0.695. The molecular weight excluding hydrogens is 278 g/mol. The van der Waals surface area contributed by atoms with E-state index in [1.54, 1.807) is 5.06 Å². The smallest absolute Gasteiger partial charge is 0.251 e. The lowest BCUT2D eigenvalue weighted by Gasteiger charge is -2.48. The third kappa shape index (κ3) is 3.65. The van der Waals surface area contributed by atoms with Crippen molar-refractivity contribution in [1.29, 1.82) is 0 Å². The van der Waals surface area contributed by atoms with E-state index in [1.165, 1.54) is 32.1 Å². The van der Waals surface area contributed by atoms with Crippen molar-refractivity contribution in [1.82, 2.24) is 5.06 Å². The molecule has 4 heteroatoms. The van der Waals surface area contributed by atoms with E-state index < -0.39 is 0 Å². The van der Waals surface area contributed by atoms with Crippen LogP contribution in [0.3, 0.4) is 0 Å². The number of carbonyl (C=O) groups excluding carboxylic acids is 1. The van der Waals surface area contributed by atoms with E-state index in [9.17, 15) is 4.79 Å². The molecule has 1 aliphatic carbocycles. The van der Waals surface area contributed by atoms with Crippen LogP contribution in [0, 0.1) is 11.8 Å². The maximum atomic E-state index is 12.5. The Bertz CT molecular complexity index is 331. The van der Waals surface area contributed by atoms with Gasteiger partial charge in [0.2, 0.25) is 0 Å². The van der Waals surface area contributed by atoms with Gasteiger partial charge in [-0.3, -0.25) is 4.79 Å². The van der Waals surface area contributed by atoms with Gasteiger partial charge in [0.05, 0.1) is 12.0 Å². The van der Waals surface area contributed by atoms with Crippen LogP contribution in [0.15, 0.2) is 0 Å². The summed E-state index contributed by atoms with van der Waals surface area (Å²) in [5, 5.41) is 1.66. The zero-order valence-electron chi connectivity index (χ0n) is 14.0. The highest BCUT2D eigenvalue weighted by molar-refractivity contribution is 5.84. The zero-order valence-corrected chi connectivity index (χ0v) is 14.0. The number of ether oxygens (including phenoxy) is 1. The number of amides is 1. The van der Waals surface area contributed by atoms with Crippen molar-refractivity contribution in [3.8, 4) is 0 Å². The largest absolute Gasteiger partial charge is 0.350 e. The van der Waals surface area contributed by atoms with Crippen molar-refractivity contribution in [3.63, 3.8) is 0 Å². The summed E-state index contributed by atoms with van der Waals surface area (Å²) < 4.78 is 5.63. The van der Waals surface area contributed by atoms with E-state index in [0.29, 0.717) is 0 Å². The third-order valence-electron chi connectivity index (χ3n) is 5.57. The number of carbonyl (C=O) groups is 1. The molecule has 0 bridgehead atoms. The summed E-state index contributed by atoms with van der Waals surface area (Å²) in [7, 11) is 0. The van der Waals surface area contributed by atoms with E-state index in [4.69, 9.17) is 9.57 Å². The van der Waals surface area contributed by atoms with E-state index in [-0.39, 0.29) is 24.2 Å². The molecule has 0 aromatic rings. The van der Waals surface area contributed by atoms with Crippen LogP contribution in [0.2, 0.25) is 0 Å². The third-order valence-corrected chi connectivity index (χ3v) is 5.57. The fraction of sp³-hybridized carbons (Fsp3) is 0.944. The van der Waals surface area contributed by atoms with E-state index in [1.807, 2.05) is 0 Å². The van der Waals surface area contributed by atoms with Crippen LogP contribution < -0.4 is 0 Å². The molecule has 126 valence electrons. The predicted octanol–water partition coefficient (Wildman–Crippen LogP) is 4.04. The van der Waals surface area contributed by atoms with Gasteiger partial charge in [-0.05, 0) is 31.6 Å². The maximum Gasteiger partial charge on any atom is 0.251 e. The first-order valence-electron chi connectivity index (χ1n) is 9.41. The van der Waals surface area contributed by atoms with Gasteiger partial charge in [0.1, 0.15) is 0 Å². The average molecular weight is 309 g/mol. The summed E-state index contributed by atoms with van der Waals surface area (Å²) in [6, 6.07) is 0.282. The van der Waals surface area contributed by atoms with E-state index in [2.05, 4.69) is 6.92 Å². The average Bonchev–Trinajstić information content (AvgIpc) is 2.58. The molecule has 2 aliphatic heterocycles. The molecule has 3 fully saturated rings. The Morgan fingerprint density at radius 3 is 2.59 bits per heavy atom. The normalized spacial score (nSPS) is 33.8. The van der Waals surface area contributed by atoms with Gasteiger partial charge in [0.25, 0.3) is 5.91 Å². The summed E-state index contributed by atoms with van der Waals surface area (Å²) in [6.07, 6.45) is 12.9. The second kappa shape index (κ2) is 7.78. The minimum atomic E-state index is -0.201. The Balaban J connectivity index is 1.54. The Labute approximate surface area is 134 Å². The van der Waals surface area contributed by atoms with Crippen molar-refractivity contribution in [2.24, 2.45) is 11.8 Å². The molecule has 0 N–H and O–H groups in total. The molecule has 3 rings (SSSR count). The highest BCUT2D eigenvalue weighted by atomic mass is 16.8. The molecule has 2 heterocycles. The molecule has 3 atom stereocenters. The molecule has 0 aromatic carbocycles. The molecule has 2 saturated heterocycles. The summed E-state index contributed by atoms with van der Waals surface area (Å²) in [5.74, 6) is 1.17. The van der Waals surface area contributed by atoms with Gasteiger partial charge in [0.15, 0.2) is 6.29 Å². The van der Waals surface area contributed by atoms with Crippen LogP contribution in [-0.4, -0.2) is 29.9 Å². The first-order valence-corrected chi connectivity index (χ1v) is 9.41. The molecule has 3 aliphatic rings. The van der Waals surface area contributed by atoms with Crippen LogP contribution in [-0.2, 0) is 14.4 Å². The lowest BCUT2D eigenvalue weighted by molar-refractivity contribution is -0.320. The Hall–Kier alpha value is -0.610. The minimum Gasteiger partial charge on any atom is -0.350 e. The van der Waals surface area contributed by atoms with Gasteiger partial charge >= 0.3 is 0 Å². The second-order valence-corrected chi connectivity index (χ2v) is 7.27. The number of hydroxylamine groups is 2. The van der Waals surface area contributed by atoms with Gasteiger partial charge in [-0.25, -0.2) is 9.90 Å². The fourth-order valence-electron chi connectivity index (χ4n) is 4.28. The van der Waals surface area contributed by atoms with Crippen molar-refractivity contribution in [2.45, 2.75) is 89.9 Å². The molecule has 1 saturated carbocycles. The summed E-state index contributed by atoms with van der Waals surface area (Å²) in [6.45, 7) is 2.95. The number of rotatable bonds is 6. The second-order valence-electron chi connectivity index (χ2n) is 7.27. The van der Waals surface area contributed by atoms with Crippen molar-refractivity contribution in [2.75, 3.05) is 6.61 Å². The molecule has 0 spiro atoms. The monoisotopic (exact) mass is 309 g/mol. The summed E-state index contributed by atoms with van der Waals surface area (Å²) in [4.78, 5) is 18.4. The van der Waals surface area contributed by atoms with E-state index >= 15 is 0 Å². The van der Waals surface area contributed by atoms with Crippen LogP contribution in [0.4, 0.5) is 0 Å². The van der Waals surface area contributed by atoms with Crippen molar-refractivity contribution < 1.29 is 14.4 Å². The zero-order chi connectivity index (χ0) is 15.4. The van der Waals surface area contributed by atoms with Crippen LogP contribution in [0.5, 0.6) is 0 Å². The minimum absolute atomic E-state index is 0.201. The van der Waals surface area contributed by atoms with Crippen molar-refractivity contribution >= 4 is 5.91 Å². The first kappa shape index (κ1) is 16.3. The lowest BCUT2D eigenvalue weighted by Crippen LogP contribution is -2.62. The van der Waals surface area contributed by atoms with Crippen LogP contribution >= 0.6 is 0 Å². The van der Waals surface area contributed by atoms with Gasteiger partial charge in [-0.2, -0.15) is 0 Å². The number of nitrogens with zero attached hydrogens (tertiary/aromatic N) is 1. The Morgan fingerprint density at radius 1 is 1.14 bits per heavy atom. The van der Waals surface area contributed by atoms with Gasteiger partial charge in [-0.15, -0.1) is 0 Å². The molecular formula is C18H31NO3. The first-order chi connectivity index (χ1) is 10.8. The van der Waals surface area contributed by atoms with Gasteiger partial charge in [-0.1, -0.05) is 45.4 Å². The molecule has 0 aromatic heterocycles.